The van der Waals surface area contributed by atoms with Crippen molar-refractivity contribution in [3.8, 4) is 0 Å². The Morgan fingerprint density at radius 1 is 0.714 bits per heavy atom. The summed E-state index contributed by atoms with van der Waals surface area (Å²) in [6, 6.07) is 0. The van der Waals surface area contributed by atoms with Crippen LogP contribution in [0.4, 0.5) is 0 Å². The largest absolute Gasteiger partial charge is 3.00 e. The van der Waals surface area contributed by atoms with Gasteiger partial charge in [0, 0.05) is 0 Å². The number of aliphatic hydroxyl groups is 1. The first-order valence-corrected chi connectivity index (χ1v) is 9.91. The maximum Gasteiger partial charge on any atom is 3.00 e. The number of hydrogen-bond acceptors (Lipinski definition) is 1. The minimum absolute atomic E-state index is 0. The fourth-order valence-electron chi connectivity index (χ4n) is 1.36. The van der Waals surface area contributed by atoms with Crippen LogP contribution in [0.5, 0.6) is 0 Å². The molecule has 0 atom stereocenters. The van der Waals surface area contributed by atoms with E-state index in [2.05, 4.69) is 87.4 Å². The van der Waals surface area contributed by atoms with E-state index in [4.69, 9.17) is 5.11 Å². The number of hydrogen-bond donors (Lipinski definition) is 1. The zero-order chi connectivity index (χ0) is 19.3. The van der Waals surface area contributed by atoms with Crippen molar-refractivity contribution in [2.24, 2.45) is 0 Å². The molecule has 1 nitrogen and oxygen atoms in total. The zero-order valence-corrected chi connectivity index (χ0v) is 24.0. The average Bonchev–Trinajstić information content (AvgIpc) is 3.47. The molecule has 1 radical (unpaired) electrons. The molecule has 0 aromatic carbocycles. The van der Waals surface area contributed by atoms with E-state index >= 15 is 0 Å². The molecule has 0 saturated carbocycles. The molecule has 145 valence electrons. The number of rotatable bonds is 1. The van der Waals surface area contributed by atoms with Gasteiger partial charge in [-0.2, -0.15) is 24.3 Å². The smallest absolute Gasteiger partial charge is 0.372 e. The van der Waals surface area contributed by atoms with E-state index < -0.39 is 3.42 Å². The Hall–Kier alpha value is 0.606. The second kappa shape index (κ2) is 25.6. The normalized spacial score (nSPS) is 15.1. The van der Waals surface area contributed by atoms with E-state index in [0.717, 1.165) is 25.7 Å². The molecule has 4 aliphatic carbocycles. The van der Waals surface area contributed by atoms with Crippen molar-refractivity contribution < 1.29 is 57.5 Å². The first kappa shape index (κ1) is 33.2. The van der Waals surface area contributed by atoms with E-state index in [1.54, 1.807) is 0 Å². The van der Waals surface area contributed by atoms with Gasteiger partial charge in [0.15, 0.2) is 0 Å². The van der Waals surface area contributed by atoms with Gasteiger partial charge in [-0.15, -0.1) is 32.1 Å². The molecule has 0 spiro atoms. The quantitative estimate of drug-likeness (QED) is 0.241. The van der Waals surface area contributed by atoms with Gasteiger partial charge in [-0.1, -0.05) is 0 Å². The molecule has 0 unspecified atom stereocenters. The average molecular weight is 660 g/mol. The molecule has 4 aliphatic rings. The molecule has 0 bridgehead atoms. The summed E-state index contributed by atoms with van der Waals surface area (Å²) < 4.78 is -0.944. The van der Waals surface area contributed by atoms with Crippen molar-refractivity contribution in [1.82, 2.24) is 0 Å². The van der Waals surface area contributed by atoms with Gasteiger partial charge in [-0.3, -0.25) is 24.3 Å². The van der Waals surface area contributed by atoms with Crippen LogP contribution in [0, 0.1) is 31.2 Å². The van der Waals surface area contributed by atoms with Gasteiger partial charge < -0.3 is 12.0 Å². The van der Waals surface area contributed by atoms with Crippen LogP contribution in [-0.2, 0) is 52.4 Å². The van der Waals surface area contributed by atoms with E-state index in [-0.39, 0.29) is 52.4 Å². The molecule has 0 aromatic rings. The summed E-state index contributed by atoms with van der Waals surface area (Å²) in [5, 5.41) is 8.60. The fraction of sp³-hybridized carbons (Fsp3) is 0.261. The Balaban J connectivity index is -0.000000274. The van der Waals surface area contributed by atoms with Crippen LogP contribution in [0.25, 0.3) is 0 Å². The Kier molecular flexibility index (Phi) is 30.4. The Labute approximate surface area is 226 Å². The van der Waals surface area contributed by atoms with Gasteiger partial charge in [0.2, 0.25) is 0 Å². The fourth-order valence-corrected chi connectivity index (χ4v) is 1.36. The summed E-state index contributed by atoms with van der Waals surface area (Å²) in [5.41, 5.74) is 0. The van der Waals surface area contributed by atoms with E-state index in [0.29, 0.717) is 6.42 Å². The predicted octanol–water partition coefficient (Wildman–Crippen LogP) is 6.86. The molecule has 0 amide bonds. The molecule has 0 aliphatic heterocycles. The summed E-state index contributed by atoms with van der Waals surface area (Å²) in [5.74, 6) is 0. The van der Waals surface area contributed by atoms with Gasteiger partial charge in [0.05, 0.1) is 0 Å². The molecule has 0 fully saturated rings. The van der Waals surface area contributed by atoms with Gasteiger partial charge in [-0.25, -0.2) is 48.6 Å². The van der Waals surface area contributed by atoms with Gasteiger partial charge in [0.1, 0.15) is 3.42 Å². The van der Waals surface area contributed by atoms with E-state index in [1.165, 1.54) is 0 Å². The molecular weight excluding hydrogens is 635 g/mol. The van der Waals surface area contributed by atoms with Crippen LogP contribution < -0.4 is 0 Å². The third-order valence-corrected chi connectivity index (χ3v) is 3.44. The van der Waals surface area contributed by atoms with Crippen molar-refractivity contribution in [1.29, 1.82) is 0 Å². The first-order valence-electron chi connectivity index (χ1n) is 8.32. The van der Waals surface area contributed by atoms with Crippen LogP contribution >= 0.6 is 31.9 Å². The van der Waals surface area contributed by atoms with Crippen LogP contribution in [0.1, 0.15) is 32.1 Å². The van der Waals surface area contributed by atoms with Crippen LogP contribution in [0.2, 0.25) is 0 Å². The second-order valence-corrected chi connectivity index (χ2v) is 8.62. The van der Waals surface area contributed by atoms with E-state index in [1.807, 2.05) is 48.6 Å². The standard InChI is InChI=1S/4C5H5.C3H5Br2O.2Zr/c4*1-2-4-5-3-1;1-2-3(4,5)6;;/h4*1-3H,4H2;6H,1-2H2;;/q5*-1;+2;+3. The van der Waals surface area contributed by atoms with Crippen molar-refractivity contribution in [2.45, 2.75) is 35.5 Å². The minimum atomic E-state index is -0.944. The summed E-state index contributed by atoms with van der Waals surface area (Å²) in [6.07, 6.45) is 40.4. The van der Waals surface area contributed by atoms with Gasteiger partial charge >= 0.3 is 52.4 Å². The van der Waals surface area contributed by atoms with E-state index in [9.17, 15) is 0 Å². The third kappa shape index (κ3) is 31.3. The third-order valence-electron chi connectivity index (χ3n) is 2.64. The molecule has 5 heteroatoms. The molecule has 1 N–H and O–H groups in total. The summed E-state index contributed by atoms with van der Waals surface area (Å²) >= 11 is 5.77. The summed E-state index contributed by atoms with van der Waals surface area (Å²) in [6.45, 7) is 3.41. The molecule has 0 saturated heterocycles. The van der Waals surface area contributed by atoms with Crippen LogP contribution in [-0.4, -0.2) is 8.53 Å². The van der Waals surface area contributed by atoms with Crippen molar-refractivity contribution >= 4 is 31.9 Å². The molecule has 4 rings (SSSR count). The Bertz CT molecular complexity index is 436. The maximum absolute atomic E-state index is 8.60. The number of allylic oxidation sites excluding steroid dienone is 16. The molecule has 28 heavy (non-hydrogen) atoms. The van der Waals surface area contributed by atoms with Crippen LogP contribution in [0.3, 0.4) is 0 Å². The van der Waals surface area contributed by atoms with Crippen molar-refractivity contribution in [2.75, 3.05) is 0 Å². The van der Waals surface area contributed by atoms with Crippen molar-refractivity contribution in [3.05, 3.63) is 104 Å². The van der Waals surface area contributed by atoms with Crippen molar-refractivity contribution in [3.63, 3.8) is 0 Å². The molecular formula is C23H25Br2OZr2. The Morgan fingerprint density at radius 2 is 0.929 bits per heavy atom. The maximum atomic E-state index is 8.60. The first-order chi connectivity index (χ1) is 12.6. The Morgan fingerprint density at radius 3 is 0.964 bits per heavy atom. The second-order valence-electron chi connectivity index (χ2n) is 4.93. The topological polar surface area (TPSA) is 20.2 Å². The zero-order valence-electron chi connectivity index (χ0n) is 15.9. The summed E-state index contributed by atoms with van der Waals surface area (Å²) in [7, 11) is 0. The SMILES string of the molecule is [C-]1=CC=CC1.[C-]1=CC=CC1.[C-]1=CC=CC1.[C-]1=CC=CC1.[CH2-]CC(O)(Br)Br.[Zr+2].[Zr+3]. The minimum Gasteiger partial charge on any atom is -0.372 e. The summed E-state index contributed by atoms with van der Waals surface area (Å²) in [4.78, 5) is 0. The molecule has 0 aromatic heterocycles. The monoisotopic (exact) mass is 655 g/mol. The number of halogens is 2. The van der Waals surface area contributed by atoms with Gasteiger partial charge in [-0.05, 0) is 31.9 Å². The molecule has 0 heterocycles. The van der Waals surface area contributed by atoms with Gasteiger partial charge in [0.25, 0.3) is 0 Å². The van der Waals surface area contributed by atoms with Crippen LogP contribution in [0.15, 0.2) is 72.9 Å². The number of alkyl halides is 2. The predicted molar refractivity (Wildman–Crippen MR) is 119 cm³/mol.